The van der Waals surface area contributed by atoms with Gasteiger partial charge in [0.2, 0.25) is 0 Å². The molecule has 3 rings (SSSR count). The number of carbonyl (C=O) groups is 3. The lowest BCUT2D eigenvalue weighted by molar-refractivity contribution is -0.125. The number of benzene rings is 1. The van der Waals surface area contributed by atoms with Crippen molar-refractivity contribution >= 4 is 18.0 Å². The van der Waals surface area contributed by atoms with Crippen LogP contribution in [-0.4, -0.2) is 29.6 Å². The standard InChI is InChI=1S/C16H19N3O4/c20-13-16(19-14(21)18-13)8-6-12(7-9-16)17-15(22)23-10-11-4-2-1-3-5-11/h1-5,12H,6-10H2,(H,17,22)(H2,18,19,20,21). The number of amides is 4. The van der Waals surface area contributed by atoms with Gasteiger partial charge in [0.05, 0.1) is 0 Å². The van der Waals surface area contributed by atoms with Gasteiger partial charge in [0.15, 0.2) is 0 Å². The number of imide groups is 1. The minimum atomic E-state index is -0.802. The molecule has 1 aliphatic carbocycles. The first-order valence-electron chi connectivity index (χ1n) is 7.68. The zero-order valence-corrected chi connectivity index (χ0v) is 12.6. The Kier molecular flexibility index (Phi) is 4.18. The molecule has 1 aromatic rings. The number of alkyl carbamates (subject to hydrolysis) is 1. The van der Waals surface area contributed by atoms with E-state index in [1.807, 2.05) is 30.3 Å². The van der Waals surface area contributed by atoms with E-state index >= 15 is 0 Å². The molecular formula is C16H19N3O4. The van der Waals surface area contributed by atoms with Crippen LogP contribution in [0.15, 0.2) is 30.3 Å². The fourth-order valence-corrected chi connectivity index (χ4v) is 3.07. The molecule has 0 atom stereocenters. The second-order valence-corrected chi connectivity index (χ2v) is 5.97. The summed E-state index contributed by atoms with van der Waals surface area (Å²) in [6.45, 7) is 0.224. The Labute approximate surface area is 133 Å². The van der Waals surface area contributed by atoms with E-state index in [1.54, 1.807) is 0 Å². The summed E-state index contributed by atoms with van der Waals surface area (Å²) in [4.78, 5) is 34.9. The summed E-state index contributed by atoms with van der Waals surface area (Å²) < 4.78 is 5.19. The zero-order valence-electron chi connectivity index (χ0n) is 12.6. The van der Waals surface area contributed by atoms with Crippen LogP contribution in [0.4, 0.5) is 9.59 Å². The van der Waals surface area contributed by atoms with Crippen LogP contribution in [0.2, 0.25) is 0 Å². The first-order valence-corrected chi connectivity index (χ1v) is 7.68. The Balaban J connectivity index is 1.44. The van der Waals surface area contributed by atoms with Crippen LogP contribution < -0.4 is 16.0 Å². The highest BCUT2D eigenvalue weighted by Gasteiger charge is 2.48. The molecule has 1 saturated heterocycles. The molecule has 0 unspecified atom stereocenters. The maximum atomic E-state index is 11.8. The molecular weight excluding hydrogens is 298 g/mol. The van der Waals surface area contributed by atoms with Gasteiger partial charge < -0.3 is 15.4 Å². The Hall–Kier alpha value is -2.57. The average molecular weight is 317 g/mol. The summed E-state index contributed by atoms with van der Waals surface area (Å²) in [6, 6.07) is 8.96. The van der Waals surface area contributed by atoms with Crippen LogP contribution >= 0.6 is 0 Å². The van der Waals surface area contributed by atoms with E-state index in [9.17, 15) is 14.4 Å². The summed E-state index contributed by atoms with van der Waals surface area (Å²) >= 11 is 0. The van der Waals surface area contributed by atoms with E-state index in [4.69, 9.17) is 4.74 Å². The van der Waals surface area contributed by atoms with E-state index in [0.717, 1.165) is 5.56 Å². The predicted molar refractivity (Wildman–Crippen MR) is 81.4 cm³/mol. The minimum absolute atomic E-state index is 0.0470. The number of urea groups is 1. The van der Waals surface area contributed by atoms with E-state index in [0.29, 0.717) is 25.7 Å². The highest BCUT2D eigenvalue weighted by molar-refractivity contribution is 6.07. The van der Waals surface area contributed by atoms with Crippen molar-refractivity contribution in [1.29, 1.82) is 0 Å². The minimum Gasteiger partial charge on any atom is -0.445 e. The Morgan fingerprint density at radius 1 is 1.22 bits per heavy atom. The van der Waals surface area contributed by atoms with Crippen LogP contribution in [0.1, 0.15) is 31.2 Å². The molecule has 1 saturated carbocycles. The third-order valence-corrected chi connectivity index (χ3v) is 4.39. The molecule has 1 spiro atoms. The number of rotatable bonds is 3. The lowest BCUT2D eigenvalue weighted by Crippen LogP contribution is -2.52. The van der Waals surface area contributed by atoms with Crippen molar-refractivity contribution in [1.82, 2.24) is 16.0 Å². The second-order valence-electron chi connectivity index (χ2n) is 5.97. The van der Waals surface area contributed by atoms with Gasteiger partial charge in [-0.25, -0.2) is 9.59 Å². The van der Waals surface area contributed by atoms with Crippen LogP contribution in [0, 0.1) is 0 Å². The lowest BCUT2D eigenvalue weighted by atomic mass is 9.79. The van der Waals surface area contributed by atoms with Crippen molar-refractivity contribution in [3.05, 3.63) is 35.9 Å². The van der Waals surface area contributed by atoms with Gasteiger partial charge in [-0.1, -0.05) is 30.3 Å². The molecule has 0 aromatic heterocycles. The molecule has 4 amide bonds. The zero-order chi connectivity index (χ0) is 16.3. The maximum absolute atomic E-state index is 11.8. The van der Waals surface area contributed by atoms with Crippen LogP contribution in [0.3, 0.4) is 0 Å². The summed E-state index contributed by atoms with van der Waals surface area (Å²) in [5.74, 6) is -0.271. The maximum Gasteiger partial charge on any atom is 0.407 e. The van der Waals surface area contributed by atoms with Gasteiger partial charge in [0.1, 0.15) is 12.1 Å². The summed E-state index contributed by atoms with van der Waals surface area (Å²) in [6.07, 6.45) is 1.79. The first kappa shape index (κ1) is 15.3. The summed E-state index contributed by atoms with van der Waals surface area (Å²) in [5, 5.41) is 7.78. The second kappa shape index (κ2) is 6.28. The van der Waals surface area contributed by atoms with Crippen LogP contribution in [-0.2, 0) is 16.1 Å². The molecule has 2 aliphatic rings. The molecule has 7 nitrogen and oxygen atoms in total. The number of hydrogen-bond acceptors (Lipinski definition) is 4. The molecule has 2 fully saturated rings. The average Bonchev–Trinajstić information content (AvgIpc) is 2.82. The van der Waals surface area contributed by atoms with Crippen molar-refractivity contribution in [3.63, 3.8) is 0 Å². The van der Waals surface area contributed by atoms with E-state index in [-0.39, 0.29) is 18.6 Å². The fraction of sp³-hybridized carbons (Fsp3) is 0.438. The van der Waals surface area contributed by atoms with Crippen molar-refractivity contribution in [2.75, 3.05) is 0 Å². The van der Waals surface area contributed by atoms with Crippen LogP contribution in [0.25, 0.3) is 0 Å². The third kappa shape index (κ3) is 3.44. The molecule has 1 aromatic carbocycles. The van der Waals surface area contributed by atoms with Gasteiger partial charge in [-0.3, -0.25) is 10.1 Å². The van der Waals surface area contributed by atoms with Crippen LogP contribution in [0.5, 0.6) is 0 Å². The fourth-order valence-electron chi connectivity index (χ4n) is 3.07. The normalized spacial score (nSPS) is 26.5. The van der Waals surface area contributed by atoms with Gasteiger partial charge >= 0.3 is 12.1 Å². The van der Waals surface area contributed by atoms with Gasteiger partial charge in [0, 0.05) is 6.04 Å². The smallest absolute Gasteiger partial charge is 0.407 e. The van der Waals surface area contributed by atoms with Crippen molar-refractivity contribution in [3.8, 4) is 0 Å². The van der Waals surface area contributed by atoms with Crippen molar-refractivity contribution in [2.45, 2.75) is 43.9 Å². The Bertz CT molecular complexity index is 609. The molecule has 1 aliphatic heterocycles. The number of carbonyl (C=O) groups excluding carboxylic acids is 3. The molecule has 23 heavy (non-hydrogen) atoms. The number of hydrogen-bond donors (Lipinski definition) is 3. The quantitative estimate of drug-likeness (QED) is 0.735. The lowest BCUT2D eigenvalue weighted by Gasteiger charge is -2.34. The Morgan fingerprint density at radius 2 is 1.91 bits per heavy atom. The molecule has 0 radical (unpaired) electrons. The van der Waals surface area contributed by atoms with E-state index < -0.39 is 17.7 Å². The SMILES string of the molecule is O=C1NC(=O)C2(CCC(NC(=O)OCc3ccccc3)CC2)N1. The van der Waals surface area contributed by atoms with Crippen molar-refractivity contribution in [2.24, 2.45) is 0 Å². The topological polar surface area (TPSA) is 96.5 Å². The number of ether oxygens (including phenoxy) is 1. The van der Waals surface area contributed by atoms with E-state index in [1.165, 1.54) is 0 Å². The molecule has 3 N–H and O–H groups in total. The van der Waals surface area contributed by atoms with Gasteiger partial charge in [-0.15, -0.1) is 0 Å². The third-order valence-electron chi connectivity index (χ3n) is 4.39. The van der Waals surface area contributed by atoms with Gasteiger partial charge in [0.25, 0.3) is 5.91 Å². The van der Waals surface area contributed by atoms with Gasteiger partial charge in [-0.2, -0.15) is 0 Å². The van der Waals surface area contributed by atoms with Crippen molar-refractivity contribution < 1.29 is 19.1 Å². The first-order chi connectivity index (χ1) is 11.1. The highest BCUT2D eigenvalue weighted by Crippen LogP contribution is 2.30. The summed E-state index contributed by atoms with van der Waals surface area (Å²) in [7, 11) is 0. The van der Waals surface area contributed by atoms with E-state index in [2.05, 4.69) is 16.0 Å². The molecule has 0 bridgehead atoms. The predicted octanol–water partition coefficient (Wildman–Crippen LogP) is 1.43. The highest BCUT2D eigenvalue weighted by atomic mass is 16.5. The van der Waals surface area contributed by atoms with Gasteiger partial charge in [-0.05, 0) is 31.2 Å². The monoisotopic (exact) mass is 317 g/mol. The molecule has 7 heteroatoms. The summed E-state index contributed by atoms with van der Waals surface area (Å²) in [5.41, 5.74) is 0.124. The molecule has 122 valence electrons. The largest absolute Gasteiger partial charge is 0.445 e. The Morgan fingerprint density at radius 3 is 2.52 bits per heavy atom. The molecule has 1 heterocycles. The number of nitrogens with one attached hydrogen (secondary N) is 3.